The summed E-state index contributed by atoms with van der Waals surface area (Å²) in [6.07, 6.45) is 2.58. The molecule has 0 heterocycles. The molecule has 84 valence electrons. The van der Waals surface area contributed by atoms with Crippen molar-refractivity contribution in [2.24, 2.45) is 0 Å². The Morgan fingerprint density at radius 2 is 1.94 bits per heavy atom. The molecule has 2 rings (SSSR count). The van der Waals surface area contributed by atoms with Gasteiger partial charge >= 0.3 is 5.97 Å². The van der Waals surface area contributed by atoms with Gasteiger partial charge in [0.1, 0.15) is 0 Å². The molecule has 0 unspecified atom stereocenters. The topological polar surface area (TPSA) is 37.3 Å². The Balaban J connectivity index is 2.18. The van der Waals surface area contributed by atoms with Gasteiger partial charge in [0.15, 0.2) is 0 Å². The van der Waals surface area contributed by atoms with Crippen LogP contribution in [0.25, 0.3) is 0 Å². The maximum Gasteiger partial charge on any atom is 0.332 e. The molecule has 0 radical (unpaired) electrons. The largest absolute Gasteiger partial charge is 0.478 e. The first-order chi connectivity index (χ1) is 7.66. The number of hydrogen-bond donors (Lipinski definition) is 1. The number of carboxylic acid groups (broad SMARTS) is 1. The molecule has 0 saturated carbocycles. The van der Waals surface area contributed by atoms with Gasteiger partial charge in [-0.05, 0) is 38.3 Å². The molecule has 1 aliphatic rings. The van der Waals surface area contributed by atoms with Gasteiger partial charge in [0.25, 0.3) is 0 Å². The Hall–Kier alpha value is -1.22. The maximum absolute atomic E-state index is 11.0. The summed E-state index contributed by atoms with van der Waals surface area (Å²) in [5.41, 5.74) is 1.83. The van der Waals surface area contributed by atoms with Crippen molar-refractivity contribution in [3.8, 4) is 0 Å². The summed E-state index contributed by atoms with van der Waals surface area (Å²) in [7, 11) is 0. The van der Waals surface area contributed by atoms with Crippen LogP contribution in [0, 0.1) is 6.92 Å². The zero-order chi connectivity index (χ0) is 11.5. The fourth-order valence-corrected chi connectivity index (χ4v) is 2.92. The van der Waals surface area contributed by atoms with E-state index in [2.05, 4.69) is 12.1 Å². The number of thioether (sulfide) groups is 1. The van der Waals surface area contributed by atoms with E-state index in [1.165, 1.54) is 5.56 Å². The second-order valence-corrected chi connectivity index (χ2v) is 5.14. The smallest absolute Gasteiger partial charge is 0.332 e. The average molecular weight is 234 g/mol. The number of rotatable bonds is 3. The molecule has 1 aromatic rings. The molecule has 0 aliphatic heterocycles. The van der Waals surface area contributed by atoms with E-state index in [0.29, 0.717) is 12.0 Å². The Morgan fingerprint density at radius 1 is 1.25 bits per heavy atom. The molecule has 1 N–H and O–H groups in total. The summed E-state index contributed by atoms with van der Waals surface area (Å²) in [6, 6.07) is 8.20. The lowest BCUT2D eigenvalue weighted by atomic mass is 10.2. The van der Waals surface area contributed by atoms with Crippen molar-refractivity contribution in [1.82, 2.24) is 0 Å². The van der Waals surface area contributed by atoms with Crippen molar-refractivity contribution < 1.29 is 9.90 Å². The summed E-state index contributed by atoms with van der Waals surface area (Å²) < 4.78 is 0. The highest BCUT2D eigenvalue weighted by atomic mass is 32.2. The Bertz CT molecular complexity index is 432. The van der Waals surface area contributed by atoms with E-state index in [1.807, 2.05) is 19.1 Å². The van der Waals surface area contributed by atoms with Gasteiger partial charge in [0, 0.05) is 15.4 Å². The number of carboxylic acids is 1. The van der Waals surface area contributed by atoms with E-state index < -0.39 is 5.97 Å². The third kappa shape index (κ3) is 2.47. The highest BCUT2D eigenvalue weighted by Crippen LogP contribution is 2.38. The SMILES string of the molecule is Cc1ccc(SC2=C(C(=O)O)CCC2)cc1. The minimum Gasteiger partial charge on any atom is -0.478 e. The molecule has 0 fully saturated rings. The van der Waals surface area contributed by atoms with Crippen molar-refractivity contribution in [1.29, 1.82) is 0 Å². The van der Waals surface area contributed by atoms with Gasteiger partial charge in [-0.1, -0.05) is 29.5 Å². The van der Waals surface area contributed by atoms with Gasteiger partial charge in [-0.25, -0.2) is 4.79 Å². The van der Waals surface area contributed by atoms with Crippen molar-refractivity contribution >= 4 is 17.7 Å². The Labute approximate surface area is 99.4 Å². The standard InChI is InChI=1S/C13H14O2S/c1-9-5-7-10(8-6-9)16-12-4-2-3-11(12)13(14)15/h5-8H,2-4H2,1H3,(H,14,15). The summed E-state index contributed by atoms with van der Waals surface area (Å²) in [6.45, 7) is 2.05. The Kier molecular flexibility index (Phi) is 3.34. The van der Waals surface area contributed by atoms with Crippen LogP contribution in [0.15, 0.2) is 39.6 Å². The molecule has 16 heavy (non-hydrogen) atoms. The zero-order valence-corrected chi connectivity index (χ0v) is 10.0. The summed E-state index contributed by atoms with van der Waals surface area (Å²) in [5, 5.41) is 9.03. The van der Waals surface area contributed by atoms with E-state index in [4.69, 9.17) is 5.11 Å². The van der Waals surface area contributed by atoms with Crippen molar-refractivity contribution in [2.75, 3.05) is 0 Å². The highest BCUT2D eigenvalue weighted by molar-refractivity contribution is 8.03. The molecular weight excluding hydrogens is 220 g/mol. The zero-order valence-electron chi connectivity index (χ0n) is 9.19. The van der Waals surface area contributed by atoms with E-state index >= 15 is 0 Å². The van der Waals surface area contributed by atoms with Crippen LogP contribution in [0.3, 0.4) is 0 Å². The molecule has 0 saturated heterocycles. The van der Waals surface area contributed by atoms with Crippen LogP contribution >= 0.6 is 11.8 Å². The third-order valence-corrected chi connectivity index (χ3v) is 3.89. The lowest BCUT2D eigenvalue weighted by molar-refractivity contribution is -0.132. The van der Waals surface area contributed by atoms with Crippen LogP contribution in [0.4, 0.5) is 0 Å². The number of carbonyl (C=O) groups is 1. The van der Waals surface area contributed by atoms with E-state index in [1.54, 1.807) is 11.8 Å². The third-order valence-electron chi connectivity index (χ3n) is 2.69. The number of benzene rings is 1. The highest BCUT2D eigenvalue weighted by Gasteiger charge is 2.20. The van der Waals surface area contributed by atoms with Crippen LogP contribution in [-0.4, -0.2) is 11.1 Å². The fourth-order valence-electron chi connectivity index (χ4n) is 1.80. The second kappa shape index (κ2) is 4.74. The van der Waals surface area contributed by atoms with Gasteiger partial charge in [-0.2, -0.15) is 0 Å². The molecule has 2 nitrogen and oxygen atoms in total. The van der Waals surface area contributed by atoms with E-state index in [0.717, 1.165) is 22.6 Å². The van der Waals surface area contributed by atoms with Gasteiger partial charge in [0.05, 0.1) is 0 Å². The number of aryl methyl sites for hydroxylation is 1. The summed E-state index contributed by atoms with van der Waals surface area (Å²) in [4.78, 5) is 13.1. The van der Waals surface area contributed by atoms with Crippen LogP contribution in [0.5, 0.6) is 0 Å². The van der Waals surface area contributed by atoms with Crippen LogP contribution in [0.2, 0.25) is 0 Å². The monoisotopic (exact) mass is 234 g/mol. The van der Waals surface area contributed by atoms with E-state index in [9.17, 15) is 4.79 Å². The van der Waals surface area contributed by atoms with Crippen LogP contribution < -0.4 is 0 Å². The average Bonchev–Trinajstić information content (AvgIpc) is 2.69. The molecule has 1 aliphatic carbocycles. The van der Waals surface area contributed by atoms with Gasteiger partial charge in [-0.3, -0.25) is 0 Å². The quantitative estimate of drug-likeness (QED) is 0.868. The van der Waals surface area contributed by atoms with Crippen molar-refractivity contribution in [3.05, 3.63) is 40.3 Å². The molecule has 0 spiro atoms. The van der Waals surface area contributed by atoms with E-state index in [-0.39, 0.29) is 0 Å². The molecule has 1 aromatic carbocycles. The first-order valence-electron chi connectivity index (χ1n) is 5.36. The first kappa shape index (κ1) is 11.3. The van der Waals surface area contributed by atoms with Gasteiger partial charge in [-0.15, -0.1) is 0 Å². The van der Waals surface area contributed by atoms with Gasteiger partial charge in [0.2, 0.25) is 0 Å². The van der Waals surface area contributed by atoms with Crippen LogP contribution in [0.1, 0.15) is 24.8 Å². The molecule has 0 aromatic heterocycles. The summed E-state index contributed by atoms with van der Waals surface area (Å²) >= 11 is 1.60. The Morgan fingerprint density at radius 3 is 2.56 bits per heavy atom. The molecular formula is C13H14O2S. The lowest BCUT2D eigenvalue weighted by Crippen LogP contribution is -1.98. The normalized spacial score (nSPS) is 15.6. The van der Waals surface area contributed by atoms with Crippen LogP contribution in [-0.2, 0) is 4.79 Å². The van der Waals surface area contributed by atoms with Crippen molar-refractivity contribution in [2.45, 2.75) is 31.1 Å². The predicted molar refractivity (Wildman–Crippen MR) is 65.5 cm³/mol. The summed E-state index contributed by atoms with van der Waals surface area (Å²) in [5.74, 6) is -0.757. The number of allylic oxidation sites excluding steroid dienone is 1. The minimum atomic E-state index is -0.757. The number of aliphatic carboxylic acids is 1. The molecule has 0 atom stereocenters. The fraction of sp³-hybridized carbons (Fsp3) is 0.308. The molecule has 0 bridgehead atoms. The second-order valence-electron chi connectivity index (χ2n) is 3.98. The predicted octanol–water partition coefficient (Wildman–Crippen LogP) is 3.61. The lowest BCUT2D eigenvalue weighted by Gasteiger charge is -2.04. The molecule has 0 amide bonds. The van der Waals surface area contributed by atoms with Gasteiger partial charge < -0.3 is 5.11 Å². The number of hydrogen-bond acceptors (Lipinski definition) is 2. The van der Waals surface area contributed by atoms with Crippen molar-refractivity contribution in [3.63, 3.8) is 0 Å². The first-order valence-corrected chi connectivity index (χ1v) is 6.18. The maximum atomic E-state index is 11.0. The minimum absolute atomic E-state index is 0.602. The molecule has 3 heteroatoms.